The van der Waals surface area contributed by atoms with E-state index in [2.05, 4.69) is 5.32 Å². The molecule has 0 saturated carbocycles. The van der Waals surface area contributed by atoms with Crippen molar-refractivity contribution in [3.05, 3.63) is 35.1 Å². The Hall–Kier alpha value is -1.11. The first-order valence-electron chi connectivity index (χ1n) is 6.65. The number of halogens is 3. The molecule has 2 atom stereocenters. The molecule has 3 nitrogen and oxygen atoms in total. The zero-order valence-corrected chi connectivity index (χ0v) is 10.8. The molecule has 2 heterocycles. The van der Waals surface area contributed by atoms with E-state index in [-0.39, 0.29) is 24.1 Å². The highest BCUT2D eigenvalue weighted by Crippen LogP contribution is 2.32. The molecule has 3 rings (SSSR count). The highest BCUT2D eigenvalue weighted by Gasteiger charge is 2.41. The minimum Gasteiger partial charge on any atom is -0.389 e. The van der Waals surface area contributed by atoms with E-state index in [4.69, 9.17) is 4.74 Å². The van der Waals surface area contributed by atoms with Crippen molar-refractivity contribution in [3.8, 4) is 0 Å². The van der Waals surface area contributed by atoms with Crippen molar-refractivity contribution in [2.45, 2.75) is 36.9 Å². The van der Waals surface area contributed by atoms with Crippen LogP contribution in [0.5, 0.6) is 0 Å². The Labute approximate surface area is 114 Å². The Bertz CT molecular complexity index is 511. The number of fused-ring (bicyclic) bond motifs is 2. The smallest absolute Gasteiger partial charge is 0.161 e. The van der Waals surface area contributed by atoms with Gasteiger partial charge in [-0.05, 0) is 24.5 Å². The van der Waals surface area contributed by atoms with Gasteiger partial charge in [0.05, 0.1) is 18.8 Å². The van der Waals surface area contributed by atoms with Crippen LogP contribution in [0, 0.1) is 17.5 Å². The molecule has 2 bridgehead atoms. The number of aliphatic hydroxyl groups is 1. The van der Waals surface area contributed by atoms with Gasteiger partial charge in [0, 0.05) is 24.6 Å². The van der Waals surface area contributed by atoms with Gasteiger partial charge in [0.2, 0.25) is 0 Å². The lowest BCUT2D eigenvalue weighted by atomic mass is 9.79. The second-order valence-electron chi connectivity index (χ2n) is 5.77. The Morgan fingerprint density at radius 3 is 2.35 bits per heavy atom. The molecule has 1 aromatic carbocycles. The maximum absolute atomic E-state index is 13.7. The van der Waals surface area contributed by atoms with Crippen LogP contribution in [0.2, 0.25) is 0 Å². The number of ether oxygens (including phenoxy) is 1. The molecule has 2 aliphatic heterocycles. The molecule has 0 radical (unpaired) electrons. The fraction of sp³-hybridized carbons (Fsp3) is 0.571. The summed E-state index contributed by atoms with van der Waals surface area (Å²) in [5, 5.41) is 14.0. The Kier molecular flexibility index (Phi) is 3.48. The third-order valence-electron chi connectivity index (χ3n) is 3.97. The fourth-order valence-corrected chi connectivity index (χ4v) is 3.22. The number of piperidine rings is 1. The standard InChI is InChI=1S/C14H16F3NO2/c15-11-2-13(17)12(16)1-8(11)3-14(19)4-9-6-20-7-10(5-14)18-9/h1-2,9-10,18-19H,3-7H2. The molecule has 20 heavy (non-hydrogen) atoms. The molecule has 0 spiro atoms. The van der Waals surface area contributed by atoms with E-state index in [0.29, 0.717) is 32.1 Å². The number of morpholine rings is 1. The normalized spacial score (nSPS) is 33.2. The second-order valence-corrected chi connectivity index (χ2v) is 5.77. The van der Waals surface area contributed by atoms with Crippen molar-refractivity contribution in [2.24, 2.45) is 0 Å². The first kappa shape index (κ1) is 13.9. The molecular weight excluding hydrogens is 271 g/mol. The maximum atomic E-state index is 13.7. The van der Waals surface area contributed by atoms with Gasteiger partial charge in [-0.2, -0.15) is 0 Å². The van der Waals surface area contributed by atoms with Crippen molar-refractivity contribution < 1.29 is 23.0 Å². The summed E-state index contributed by atoms with van der Waals surface area (Å²) in [5.74, 6) is -3.13. The third-order valence-corrected chi connectivity index (χ3v) is 3.97. The average Bonchev–Trinajstić information content (AvgIpc) is 2.35. The van der Waals surface area contributed by atoms with Crippen LogP contribution in [-0.4, -0.2) is 36.0 Å². The van der Waals surface area contributed by atoms with Crippen LogP contribution in [0.25, 0.3) is 0 Å². The summed E-state index contributed by atoms with van der Waals surface area (Å²) in [7, 11) is 0. The number of nitrogens with one attached hydrogen (secondary N) is 1. The Balaban J connectivity index is 1.81. The molecule has 0 amide bonds. The summed E-state index contributed by atoms with van der Waals surface area (Å²) in [5.41, 5.74) is -1.11. The zero-order valence-electron chi connectivity index (χ0n) is 10.8. The first-order chi connectivity index (χ1) is 9.45. The molecule has 6 heteroatoms. The molecule has 2 saturated heterocycles. The third kappa shape index (κ3) is 2.68. The van der Waals surface area contributed by atoms with Crippen LogP contribution >= 0.6 is 0 Å². The van der Waals surface area contributed by atoms with E-state index >= 15 is 0 Å². The summed E-state index contributed by atoms with van der Waals surface area (Å²) in [6, 6.07) is 1.39. The maximum Gasteiger partial charge on any atom is 0.161 e. The number of benzene rings is 1. The molecule has 0 aliphatic carbocycles. The molecule has 2 N–H and O–H groups in total. The molecule has 2 unspecified atom stereocenters. The highest BCUT2D eigenvalue weighted by atomic mass is 19.2. The molecule has 2 aliphatic rings. The lowest BCUT2D eigenvalue weighted by Gasteiger charge is -2.45. The Morgan fingerprint density at radius 1 is 1.10 bits per heavy atom. The largest absolute Gasteiger partial charge is 0.389 e. The van der Waals surface area contributed by atoms with Crippen molar-refractivity contribution in [1.29, 1.82) is 0 Å². The van der Waals surface area contributed by atoms with E-state index in [1.165, 1.54) is 0 Å². The van der Waals surface area contributed by atoms with Crippen molar-refractivity contribution in [3.63, 3.8) is 0 Å². The van der Waals surface area contributed by atoms with Gasteiger partial charge in [-0.15, -0.1) is 0 Å². The summed E-state index contributed by atoms with van der Waals surface area (Å²) in [4.78, 5) is 0. The van der Waals surface area contributed by atoms with Crippen LogP contribution < -0.4 is 5.32 Å². The quantitative estimate of drug-likeness (QED) is 0.811. The first-order valence-corrected chi connectivity index (χ1v) is 6.65. The lowest BCUT2D eigenvalue weighted by Crippen LogP contribution is -2.60. The predicted octanol–water partition coefficient (Wildman–Crippen LogP) is 1.53. The summed E-state index contributed by atoms with van der Waals surface area (Å²) in [6.45, 7) is 0.998. The van der Waals surface area contributed by atoms with E-state index in [1.807, 2.05) is 0 Å². The monoisotopic (exact) mass is 287 g/mol. The van der Waals surface area contributed by atoms with Crippen molar-refractivity contribution >= 4 is 0 Å². The minimum absolute atomic E-state index is 0.00675. The van der Waals surface area contributed by atoms with E-state index in [9.17, 15) is 18.3 Å². The van der Waals surface area contributed by atoms with E-state index in [1.54, 1.807) is 0 Å². The van der Waals surface area contributed by atoms with Gasteiger partial charge in [-0.25, -0.2) is 13.2 Å². The zero-order chi connectivity index (χ0) is 14.3. The van der Waals surface area contributed by atoms with Crippen LogP contribution in [0.3, 0.4) is 0 Å². The number of hydrogen-bond donors (Lipinski definition) is 2. The predicted molar refractivity (Wildman–Crippen MR) is 65.7 cm³/mol. The molecular formula is C14H16F3NO2. The molecule has 1 aromatic rings. The fourth-order valence-electron chi connectivity index (χ4n) is 3.22. The topological polar surface area (TPSA) is 41.5 Å². The van der Waals surface area contributed by atoms with Gasteiger partial charge in [0.25, 0.3) is 0 Å². The van der Waals surface area contributed by atoms with Gasteiger partial charge in [-0.1, -0.05) is 0 Å². The molecule has 110 valence electrons. The van der Waals surface area contributed by atoms with Crippen LogP contribution in [0.4, 0.5) is 13.2 Å². The van der Waals surface area contributed by atoms with Gasteiger partial charge >= 0.3 is 0 Å². The summed E-state index contributed by atoms with van der Waals surface area (Å²) in [6.07, 6.45) is 0.786. The van der Waals surface area contributed by atoms with Gasteiger partial charge in [0.15, 0.2) is 11.6 Å². The highest BCUT2D eigenvalue weighted by molar-refractivity contribution is 5.22. The van der Waals surface area contributed by atoms with Gasteiger partial charge in [-0.3, -0.25) is 0 Å². The lowest BCUT2D eigenvalue weighted by molar-refractivity contribution is -0.0758. The molecule has 0 aromatic heterocycles. The van der Waals surface area contributed by atoms with Gasteiger partial charge in [0.1, 0.15) is 5.82 Å². The van der Waals surface area contributed by atoms with E-state index in [0.717, 1.165) is 6.07 Å². The second kappa shape index (κ2) is 5.02. The minimum atomic E-state index is -1.21. The van der Waals surface area contributed by atoms with Crippen molar-refractivity contribution in [1.82, 2.24) is 5.32 Å². The van der Waals surface area contributed by atoms with Gasteiger partial charge < -0.3 is 15.2 Å². The summed E-state index contributed by atoms with van der Waals surface area (Å²) < 4.78 is 45.2. The Morgan fingerprint density at radius 2 is 1.70 bits per heavy atom. The number of rotatable bonds is 2. The van der Waals surface area contributed by atoms with Crippen LogP contribution in [-0.2, 0) is 11.2 Å². The molecule has 2 fully saturated rings. The summed E-state index contributed by atoms with van der Waals surface area (Å²) >= 11 is 0. The average molecular weight is 287 g/mol. The number of hydrogen-bond acceptors (Lipinski definition) is 3. The van der Waals surface area contributed by atoms with Crippen molar-refractivity contribution in [2.75, 3.05) is 13.2 Å². The van der Waals surface area contributed by atoms with Crippen LogP contribution in [0.15, 0.2) is 12.1 Å². The van der Waals surface area contributed by atoms with E-state index < -0.39 is 23.1 Å². The SMILES string of the molecule is OC1(Cc2cc(F)c(F)cc2F)CC2COCC(C1)N2. The van der Waals surface area contributed by atoms with Crippen LogP contribution in [0.1, 0.15) is 18.4 Å².